The molecule has 0 spiro atoms. The van der Waals surface area contributed by atoms with Gasteiger partial charge in [0, 0.05) is 50.6 Å². The summed E-state index contributed by atoms with van der Waals surface area (Å²) in [5.41, 5.74) is 0.662. The largest absolute Gasteiger partial charge is 0.484 e. The number of hydrogen-bond acceptors (Lipinski definition) is 6. The Labute approximate surface area is 179 Å². The van der Waals surface area contributed by atoms with Crippen LogP contribution in [0.5, 0.6) is 5.75 Å². The first kappa shape index (κ1) is 22.2. The minimum atomic E-state index is -3.61. The number of sulfonamides is 1. The molecule has 2 aromatic rings. The van der Waals surface area contributed by atoms with Crippen LogP contribution in [0.4, 0.5) is 5.69 Å². The van der Waals surface area contributed by atoms with Crippen molar-refractivity contribution in [3.63, 3.8) is 0 Å². The van der Waals surface area contributed by atoms with Crippen LogP contribution in [-0.4, -0.2) is 79.7 Å². The molecule has 0 atom stereocenters. The van der Waals surface area contributed by atoms with Gasteiger partial charge in [-0.1, -0.05) is 0 Å². The smallest absolute Gasteiger partial charge is 0.272 e. The summed E-state index contributed by atoms with van der Waals surface area (Å²) in [7, 11) is -0.320. The number of aromatic nitrogens is 1. The molecule has 30 heavy (non-hydrogen) atoms. The zero-order chi connectivity index (χ0) is 21.7. The van der Waals surface area contributed by atoms with Crippen molar-refractivity contribution in [2.45, 2.75) is 4.90 Å². The molecule has 1 aromatic carbocycles. The molecule has 0 aliphatic carbocycles. The fourth-order valence-electron chi connectivity index (χ4n) is 2.70. The van der Waals surface area contributed by atoms with E-state index in [4.69, 9.17) is 4.74 Å². The first-order chi connectivity index (χ1) is 14.3. The Balaban J connectivity index is 1.60. The third-order valence-corrected chi connectivity index (χ3v) is 7.30. The molecule has 11 heteroatoms. The van der Waals surface area contributed by atoms with Gasteiger partial charge in [0.1, 0.15) is 16.3 Å². The zero-order valence-electron chi connectivity index (χ0n) is 16.8. The van der Waals surface area contributed by atoms with E-state index in [-0.39, 0.29) is 23.1 Å². The van der Waals surface area contributed by atoms with Gasteiger partial charge in [-0.15, -0.1) is 0 Å². The second-order valence-corrected chi connectivity index (χ2v) is 9.98. The molecule has 9 nitrogen and oxygen atoms in total. The number of aromatic amines is 1. The Morgan fingerprint density at radius 2 is 1.87 bits per heavy atom. The maximum absolute atomic E-state index is 12.7. The van der Waals surface area contributed by atoms with Crippen molar-refractivity contribution in [2.75, 3.05) is 50.6 Å². The minimum absolute atomic E-state index is 0.0753. The number of thioether (sulfide) groups is 1. The van der Waals surface area contributed by atoms with Gasteiger partial charge in [-0.25, -0.2) is 8.42 Å². The molecule has 0 bridgehead atoms. The molecular formula is C19H24N4O5S2. The van der Waals surface area contributed by atoms with Gasteiger partial charge in [-0.3, -0.25) is 9.59 Å². The summed E-state index contributed by atoms with van der Waals surface area (Å²) >= 11 is 1.72. The number of anilines is 1. The van der Waals surface area contributed by atoms with Gasteiger partial charge in [0.15, 0.2) is 6.61 Å². The molecule has 2 N–H and O–H groups in total. The second kappa shape index (κ2) is 9.54. The molecule has 1 saturated heterocycles. The highest BCUT2D eigenvalue weighted by atomic mass is 32.2. The van der Waals surface area contributed by atoms with Crippen molar-refractivity contribution in [2.24, 2.45) is 0 Å². The Kier molecular flexibility index (Phi) is 7.06. The third-order valence-electron chi connectivity index (χ3n) is 4.48. The maximum atomic E-state index is 12.7. The summed E-state index contributed by atoms with van der Waals surface area (Å²) in [6, 6.07) is 7.89. The molecule has 1 aromatic heterocycles. The Bertz CT molecular complexity index is 996. The quantitative estimate of drug-likeness (QED) is 0.658. The molecule has 1 aliphatic heterocycles. The van der Waals surface area contributed by atoms with Gasteiger partial charge < -0.3 is 19.9 Å². The number of carbonyl (C=O) groups is 2. The van der Waals surface area contributed by atoms with E-state index in [9.17, 15) is 18.0 Å². The first-order valence-corrected chi connectivity index (χ1v) is 11.9. The number of likely N-dealkylation sites (N-methyl/N-ethyl adjacent to an activating group) is 1. The predicted octanol–water partition coefficient (Wildman–Crippen LogP) is 1.47. The first-order valence-electron chi connectivity index (χ1n) is 9.28. The number of H-pyrrole nitrogens is 1. The van der Waals surface area contributed by atoms with Crippen LogP contribution in [-0.2, 0) is 14.8 Å². The van der Waals surface area contributed by atoms with E-state index in [1.807, 2.05) is 0 Å². The molecule has 2 amide bonds. The molecule has 1 aliphatic rings. The number of benzene rings is 1. The minimum Gasteiger partial charge on any atom is -0.484 e. The van der Waals surface area contributed by atoms with Crippen LogP contribution in [0.2, 0.25) is 0 Å². The summed E-state index contributed by atoms with van der Waals surface area (Å²) in [6.45, 7) is 0.858. The summed E-state index contributed by atoms with van der Waals surface area (Å²) in [5, 5.41) is 2.70. The van der Waals surface area contributed by atoms with E-state index >= 15 is 0 Å². The highest BCUT2D eigenvalue weighted by Gasteiger charge is 2.27. The van der Waals surface area contributed by atoms with Gasteiger partial charge in [-0.2, -0.15) is 16.1 Å². The molecule has 0 saturated carbocycles. The van der Waals surface area contributed by atoms with Crippen molar-refractivity contribution in [3.8, 4) is 5.75 Å². The lowest BCUT2D eigenvalue weighted by atomic mass is 10.3. The number of amides is 2. The summed E-state index contributed by atoms with van der Waals surface area (Å²) in [5.74, 6) is 1.41. The number of nitrogens with one attached hydrogen (secondary N) is 2. The van der Waals surface area contributed by atoms with E-state index in [1.54, 1.807) is 50.1 Å². The van der Waals surface area contributed by atoms with Gasteiger partial charge in [0.2, 0.25) is 10.0 Å². The van der Waals surface area contributed by atoms with Crippen molar-refractivity contribution in [3.05, 3.63) is 42.2 Å². The second-order valence-electron chi connectivity index (χ2n) is 6.82. The lowest BCUT2D eigenvalue weighted by molar-refractivity contribution is -0.130. The normalized spacial score (nSPS) is 14.9. The van der Waals surface area contributed by atoms with Crippen molar-refractivity contribution < 1.29 is 22.7 Å². The van der Waals surface area contributed by atoms with E-state index in [0.29, 0.717) is 24.5 Å². The van der Waals surface area contributed by atoms with E-state index < -0.39 is 15.9 Å². The fourth-order valence-corrected chi connectivity index (χ4v) is 5.27. The van der Waals surface area contributed by atoms with Crippen LogP contribution in [0.15, 0.2) is 41.4 Å². The molecule has 0 radical (unpaired) electrons. The van der Waals surface area contributed by atoms with Crippen LogP contribution in [0.1, 0.15) is 10.5 Å². The number of hydrogen-bond donors (Lipinski definition) is 2. The fraction of sp³-hybridized carbons (Fsp3) is 0.368. The topological polar surface area (TPSA) is 112 Å². The van der Waals surface area contributed by atoms with Crippen LogP contribution < -0.4 is 10.1 Å². The lowest BCUT2D eigenvalue weighted by Crippen LogP contribution is -2.37. The monoisotopic (exact) mass is 452 g/mol. The van der Waals surface area contributed by atoms with Gasteiger partial charge >= 0.3 is 0 Å². The standard InChI is InChI=1S/C19H24N4O5S2/c1-22(2)18(24)13-28-15-5-3-14(4-6-15)21-19(25)17-11-16(12-20-17)30(26,27)23-7-9-29-10-8-23/h3-6,11-12,20H,7-10,13H2,1-2H3,(H,21,25). The van der Waals surface area contributed by atoms with Gasteiger partial charge in [0.05, 0.1) is 0 Å². The van der Waals surface area contributed by atoms with E-state index in [1.165, 1.54) is 21.5 Å². The Morgan fingerprint density at radius 3 is 2.50 bits per heavy atom. The molecule has 3 rings (SSSR count). The number of carbonyl (C=O) groups excluding carboxylic acids is 2. The molecule has 162 valence electrons. The highest BCUT2D eigenvalue weighted by Crippen LogP contribution is 2.22. The molecular weight excluding hydrogens is 428 g/mol. The van der Waals surface area contributed by atoms with Crippen LogP contribution >= 0.6 is 11.8 Å². The average Bonchev–Trinajstić information content (AvgIpc) is 3.25. The van der Waals surface area contributed by atoms with Crippen molar-refractivity contribution >= 4 is 39.3 Å². The SMILES string of the molecule is CN(C)C(=O)COc1ccc(NC(=O)c2cc(S(=O)(=O)N3CCSCC3)c[nH]2)cc1. The summed E-state index contributed by atoms with van der Waals surface area (Å²) in [6.07, 6.45) is 1.34. The van der Waals surface area contributed by atoms with Gasteiger partial charge in [0.25, 0.3) is 11.8 Å². The van der Waals surface area contributed by atoms with Gasteiger partial charge in [-0.05, 0) is 30.3 Å². The van der Waals surface area contributed by atoms with Crippen molar-refractivity contribution in [1.29, 1.82) is 0 Å². The van der Waals surface area contributed by atoms with Crippen LogP contribution in [0.25, 0.3) is 0 Å². The van der Waals surface area contributed by atoms with E-state index in [2.05, 4.69) is 10.3 Å². The molecule has 0 unspecified atom stereocenters. The number of rotatable bonds is 7. The van der Waals surface area contributed by atoms with Crippen LogP contribution in [0, 0.1) is 0 Å². The Hall–Kier alpha value is -2.50. The third kappa shape index (κ3) is 5.35. The number of ether oxygens (including phenoxy) is 1. The van der Waals surface area contributed by atoms with Crippen LogP contribution in [0.3, 0.4) is 0 Å². The number of nitrogens with zero attached hydrogens (tertiary/aromatic N) is 2. The molecule has 1 fully saturated rings. The Morgan fingerprint density at radius 1 is 1.20 bits per heavy atom. The summed E-state index contributed by atoms with van der Waals surface area (Å²) in [4.78, 5) is 28.3. The zero-order valence-corrected chi connectivity index (χ0v) is 18.4. The maximum Gasteiger partial charge on any atom is 0.272 e. The highest BCUT2D eigenvalue weighted by molar-refractivity contribution is 7.99. The average molecular weight is 453 g/mol. The lowest BCUT2D eigenvalue weighted by Gasteiger charge is -2.24. The van der Waals surface area contributed by atoms with Crippen molar-refractivity contribution in [1.82, 2.24) is 14.2 Å². The summed E-state index contributed by atoms with van der Waals surface area (Å²) < 4.78 is 32.2. The predicted molar refractivity (Wildman–Crippen MR) is 115 cm³/mol. The molecule has 2 heterocycles. The van der Waals surface area contributed by atoms with E-state index in [0.717, 1.165) is 11.5 Å².